The predicted octanol–water partition coefficient (Wildman–Crippen LogP) is -3.40. The first kappa shape index (κ1) is 24.7. The van der Waals surface area contributed by atoms with Crippen molar-refractivity contribution in [3.8, 4) is 5.75 Å². The fourth-order valence-corrected chi connectivity index (χ4v) is 3.41. The minimum absolute atomic E-state index is 0.0586. The summed E-state index contributed by atoms with van der Waals surface area (Å²) in [6, 6.07) is 4.80. The van der Waals surface area contributed by atoms with Crippen LogP contribution < -0.4 is 4.74 Å². The van der Waals surface area contributed by atoms with Crippen molar-refractivity contribution in [1.29, 1.82) is 0 Å². The van der Waals surface area contributed by atoms with Gasteiger partial charge in [-0.3, -0.25) is 10.1 Å². The van der Waals surface area contributed by atoms with E-state index in [1.165, 1.54) is 12.1 Å². The van der Waals surface area contributed by atoms with Crippen LogP contribution in [0.4, 0.5) is 5.69 Å². The van der Waals surface area contributed by atoms with Gasteiger partial charge < -0.3 is 54.7 Å². The van der Waals surface area contributed by atoms with Gasteiger partial charge in [-0.1, -0.05) is 0 Å². The molecule has 2 aliphatic heterocycles. The Kier molecular flexibility index (Phi) is 7.94. The van der Waals surface area contributed by atoms with E-state index in [2.05, 4.69) is 0 Å². The van der Waals surface area contributed by atoms with Crippen LogP contribution >= 0.6 is 0 Å². The van der Waals surface area contributed by atoms with E-state index in [1.807, 2.05) is 0 Å². The highest BCUT2D eigenvalue weighted by Gasteiger charge is 2.51. The fraction of sp³-hybridized carbons (Fsp3) is 0.667. The number of nitrogens with zero attached hydrogens (tertiary/aromatic N) is 1. The molecule has 0 aliphatic carbocycles. The van der Waals surface area contributed by atoms with Crippen molar-refractivity contribution in [1.82, 2.24) is 0 Å². The van der Waals surface area contributed by atoms with Crippen LogP contribution in [-0.4, -0.2) is 115 Å². The van der Waals surface area contributed by atoms with Crippen molar-refractivity contribution in [3.63, 3.8) is 0 Å². The smallest absolute Gasteiger partial charge is 0.269 e. The minimum atomic E-state index is -1.80. The molecule has 7 N–H and O–H groups in total. The Balaban J connectivity index is 1.81. The van der Waals surface area contributed by atoms with Crippen molar-refractivity contribution in [2.75, 3.05) is 13.2 Å². The number of hydrogen-bond donors (Lipinski definition) is 7. The molecule has 180 valence electrons. The summed E-state index contributed by atoms with van der Waals surface area (Å²) in [5.41, 5.74) is -0.209. The molecule has 0 saturated carbocycles. The normalized spacial score (nSPS) is 40.1. The topological polar surface area (TPSA) is 222 Å². The van der Waals surface area contributed by atoms with E-state index in [9.17, 15) is 45.9 Å². The highest BCUT2D eigenvalue weighted by Crippen LogP contribution is 2.31. The highest BCUT2D eigenvalue weighted by atomic mass is 16.8. The molecule has 0 spiro atoms. The predicted molar refractivity (Wildman–Crippen MR) is 100 cm³/mol. The largest absolute Gasteiger partial charge is 0.462 e. The molecule has 0 amide bonds. The third-order valence-electron chi connectivity index (χ3n) is 5.26. The van der Waals surface area contributed by atoms with Crippen LogP contribution in [0.1, 0.15) is 0 Å². The van der Waals surface area contributed by atoms with Crippen LogP contribution in [-0.2, 0) is 14.2 Å². The lowest BCUT2D eigenvalue weighted by Crippen LogP contribution is -2.65. The van der Waals surface area contributed by atoms with Crippen LogP contribution in [0.5, 0.6) is 5.75 Å². The SMILES string of the molecule is O=[N+]([O-])c1ccc(O[C@H]2O[C@H](CO)[C@H](O)[C@H](O)[C@H]2OC2O[C@H](CO)[C@H](O)[C@H](O)[C@H]2O)cc1. The molecule has 14 heteroatoms. The molecule has 2 fully saturated rings. The first-order valence-electron chi connectivity index (χ1n) is 9.67. The molecule has 0 radical (unpaired) electrons. The Hall–Kier alpha value is -1.98. The van der Waals surface area contributed by atoms with Gasteiger partial charge in [-0.15, -0.1) is 0 Å². The van der Waals surface area contributed by atoms with Crippen LogP contribution in [0.25, 0.3) is 0 Å². The van der Waals surface area contributed by atoms with Gasteiger partial charge in [0.25, 0.3) is 5.69 Å². The molecule has 2 heterocycles. The van der Waals surface area contributed by atoms with E-state index >= 15 is 0 Å². The number of aliphatic hydroxyl groups excluding tert-OH is 7. The maximum absolute atomic E-state index is 10.8. The number of aliphatic hydroxyl groups is 7. The maximum atomic E-state index is 10.8. The molecule has 2 aliphatic rings. The summed E-state index contributed by atoms with van der Waals surface area (Å²) in [7, 11) is 0. The summed E-state index contributed by atoms with van der Waals surface area (Å²) in [4.78, 5) is 10.2. The molecule has 1 unspecified atom stereocenters. The van der Waals surface area contributed by atoms with E-state index in [1.54, 1.807) is 0 Å². The van der Waals surface area contributed by atoms with Gasteiger partial charge in [0, 0.05) is 12.1 Å². The van der Waals surface area contributed by atoms with Crippen LogP contribution in [0.2, 0.25) is 0 Å². The van der Waals surface area contributed by atoms with E-state index in [-0.39, 0.29) is 11.4 Å². The Bertz CT molecular complexity index is 762. The Morgan fingerprint density at radius 2 is 1.34 bits per heavy atom. The molecule has 0 bridgehead atoms. The minimum Gasteiger partial charge on any atom is -0.462 e. The summed E-state index contributed by atoms with van der Waals surface area (Å²) in [6.45, 7) is -1.41. The zero-order valence-corrected chi connectivity index (χ0v) is 16.5. The molecule has 1 aromatic rings. The van der Waals surface area contributed by atoms with Gasteiger partial charge in [-0.2, -0.15) is 0 Å². The molecule has 14 nitrogen and oxygen atoms in total. The molecule has 2 saturated heterocycles. The number of benzene rings is 1. The third kappa shape index (κ3) is 4.99. The lowest BCUT2D eigenvalue weighted by atomic mass is 9.97. The van der Waals surface area contributed by atoms with Crippen molar-refractivity contribution in [2.45, 2.75) is 61.4 Å². The van der Waals surface area contributed by atoms with E-state index in [0.717, 1.165) is 12.1 Å². The second-order valence-corrected chi connectivity index (χ2v) is 7.37. The van der Waals surface area contributed by atoms with Crippen molar-refractivity contribution in [3.05, 3.63) is 34.4 Å². The number of ether oxygens (including phenoxy) is 4. The van der Waals surface area contributed by atoms with Gasteiger partial charge in [-0.25, -0.2) is 0 Å². The second-order valence-electron chi connectivity index (χ2n) is 7.37. The van der Waals surface area contributed by atoms with Crippen molar-refractivity contribution < 1.29 is 59.6 Å². The fourth-order valence-electron chi connectivity index (χ4n) is 3.41. The van der Waals surface area contributed by atoms with E-state index in [0.29, 0.717) is 0 Å². The average Bonchev–Trinajstić information content (AvgIpc) is 2.78. The number of nitro groups is 1. The van der Waals surface area contributed by atoms with Crippen LogP contribution in [0.15, 0.2) is 24.3 Å². The lowest BCUT2D eigenvalue weighted by molar-refractivity contribution is -0.384. The Morgan fingerprint density at radius 3 is 1.88 bits per heavy atom. The van der Waals surface area contributed by atoms with E-state index < -0.39 is 79.5 Å². The number of hydrogen-bond acceptors (Lipinski definition) is 13. The molecule has 32 heavy (non-hydrogen) atoms. The number of non-ortho nitro benzene ring substituents is 1. The summed E-state index contributed by atoms with van der Waals surface area (Å²) in [5.74, 6) is 0.0586. The van der Waals surface area contributed by atoms with Gasteiger partial charge in [0.1, 0.15) is 48.5 Å². The summed E-state index contributed by atoms with van der Waals surface area (Å²) in [5, 5.41) is 80.3. The first-order valence-corrected chi connectivity index (χ1v) is 9.67. The zero-order valence-electron chi connectivity index (χ0n) is 16.5. The van der Waals surface area contributed by atoms with Gasteiger partial charge in [0.15, 0.2) is 12.4 Å². The highest BCUT2D eigenvalue weighted by molar-refractivity contribution is 5.36. The van der Waals surface area contributed by atoms with E-state index in [4.69, 9.17) is 18.9 Å². The van der Waals surface area contributed by atoms with Gasteiger partial charge >= 0.3 is 0 Å². The van der Waals surface area contributed by atoms with Gasteiger partial charge in [0.05, 0.1) is 18.1 Å². The van der Waals surface area contributed by atoms with Crippen LogP contribution in [0.3, 0.4) is 0 Å². The van der Waals surface area contributed by atoms with Crippen LogP contribution in [0, 0.1) is 10.1 Å². The standard InChI is InChI=1S/C18H25NO13/c20-5-9-11(22)13(24)15(26)17(30-9)32-16-14(25)12(23)10(6-21)31-18(16)29-8-3-1-7(2-4-8)19(27)28/h1-4,9-18,20-26H,5-6H2/t9-,10-,11+,12+,13+,14+,15-,16-,17?,18+/m1/s1. The third-order valence-corrected chi connectivity index (χ3v) is 5.26. The number of nitro benzene ring substituents is 1. The lowest BCUT2D eigenvalue weighted by Gasteiger charge is -2.45. The Labute approximate surface area is 180 Å². The second kappa shape index (κ2) is 10.3. The summed E-state index contributed by atoms with van der Waals surface area (Å²) in [6.07, 6.45) is -15.8. The zero-order chi connectivity index (χ0) is 23.6. The molecule has 0 aromatic heterocycles. The van der Waals surface area contributed by atoms with Gasteiger partial charge in [0.2, 0.25) is 6.29 Å². The number of rotatable bonds is 7. The molecular formula is C18H25NO13. The molecule has 1 aromatic carbocycles. The van der Waals surface area contributed by atoms with Crippen molar-refractivity contribution >= 4 is 5.69 Å². The van der Waals surface area contributed by atoms with Gasteiger partial charge in [-0.05, 0) is 12.1 Å². The Morgan fingerprint density at radius 1 is 0.812 bits per heavy atom. The quantitative estimate of drug-likeness (QED) is 0.155. The molecular weight excluding hydrogens is 438 g/mol. The van der Waals surface area contributed by atoms with Crippen molar-refractivity contribution in [2.24, 2.45) is 0 Å². The average molecular weight is 463 g/mol. The maximum Gasteiger partial charge on any atom is 0.269 e. The summed E-state index contributed by atoms with van der Waals surface area (Å²) < 4.78 is 21.8. The molecule has 10 atom stereocenters. The summed E-state index contributed by atoms with van der Waals surface area (Å²) >= 11 is 0. The first-order chi connectivity index (χ1) is 15.2. The monoisotopic (exact) mass is 463 g/mol. The molecule has 3 rings (SSSR count).